The summed E-state index contributed by atoms with van der Waals surface area (Å²) in [5, 5.41) is 5.85. The van der Waals surface area contributed by atoms with Crippen molar-refractivity contribution >= 4 is 11.8 Å². The van der Waals surface area contributed by atoms with Crippen LogP contribution in [0, 0.1) is 5.41 Å². The molecule has 1 aromatic carbocycles. The van der Waals surface area contributed by atoms with Crippen molar-refractivity contribution in [1.29, 1.82) is 0 Å². The Balaban J connectivity index is 1.85. The minimum Gasteiger partial charge on any atom is -0.381 e. The number of rotatable bonds is 8. The summed E-state index contributed by atoms with van der Waals surface area (Å²) in [6.45, 7) is 3.29. The molecule has 0 unspecified atom stereocenters. The summed E-state index contributed by atoms with van der Waals surface area (Å²) in [4.78, 5) is 26.6. The van der Waals surface area contributed by atoms with Crippen molar-refractivity contribution in [3.05, 3.63) is 35.4 Å². The van der Waals surface area contributed by atoms with E-state index in [4.69, 9.17) is 10.5 Å². The number of hydrogen-bond acceptors (Lipinski definition) is 5. The third kappa shape index (κ3) is 5.52. The van der Waals surface area contributed by atoms with Gasteiger partial charge in [-0.1, -0.05) is 12.1 Å². The van der Waals surface area contributed by atoms with Gasteiger partial charge in [-0.25, -0.2) is 0 Å². The first kappa shape index (κ1) is 20.4. The Bertz CT molecular complexity index is 595. The molecule has 1 aliphatic rings. The molecule has 0 saturated carbocycles. The fourth-order valence-corrected chi connectivity index (χ4v) is 2.92. The van der Waals surface area contributed by atoms with E-state index < -0.39 is 5.41 Å². The topological polar surface area (TPSA) is 96.7 Å². The number of nitrogens with one attached hydrogen (secondary N) is 2. The van der Waals surface area contributed by atoms with Gasteiger partial charge in [0, 0.05) is 45.0 Å². The highest BCUT2D eigenvalue weighted by atomic mass is 16.5. The number of likely N-dealkylation sites (N-methyl/N-ethyl adjacent to an activating group) is 1. The zero-order valence-corrected chi connectivity index (χ0v) is 15.7. The van der Waals surface area contributed by atoms with Gasteiger partial charge in [-0.05, 0) is 44.6 Å². The van der Waals surface area contributed by atoms with Gasteiger partial charge in [0.15, 0.2) is 0 Å². The van der Waals surface area contributed by atoms with Crippen LogP contribution in [0.5, 0.6) is 0 Å². The Kier molecular flexibility index (Phi) is 7.56. The van der Waals surface area contributed by atoms with Crippen LogP contribution in [0.15, 0.2) is 24.3 Å². The third-order valence-corrected chi connectivity index (χ3v) is 4.84. The highest BCUT2D eigenvalue weighted by Gasteiger charge is 2.38. The number of hydrogen-bond donors (Lipinski definition) is 3. The van der Waals surface area contributed by atoms with Gasteiger partial charge in [-0.2, -0.15) is 0 Å². The minimum atomic E-state index is -0.523. The van der Waals surface area contributed by atoms with Crippen molar-refractivity contribution in [2.75, 3.05) is 46.9 Å². The lowest BCUT2D eigenvalue weighted by Gasteiger charge is -2.34. The molecular formula is C19H30N4O3. The van der Waals surface area contributed by atoms with Crippen LogP contribution in [-0.2, 0) is 16.1 Å². The molecule has 2 rings (SSSR count). The van der Waals surface area contributed by atoms with E-state index in [-0.39, 0.29) is 11.8 Å². The second-order valence-corrected chi connectivity index (χ2v) is 7.04. The first-order valence-corrected chi connectivity index (χ1v) is 9.05. The largest absolute Gasteiger partial charge is 0.381 e. The summed E-state index contributed by atoms with van der Waals surface area (Å²) in [5.41, 5.74) is 6.89. The first-order valence-electron chi connectivity index (χ1n) is 9.05. The Morgan fingerprint density at radius 1 is 1.15 bits per heavy atom. The Labute approximate surface area is 155 Å². The molecule has 0 radical (unpaired) electrons. The lowest BCUT2D eigenvalue weighted by Crippen LogP contribution is -2.48. The number of carbonyl (C=O) groups excluding carboxylic acids is 2. The van der Waals surface area contributed by atoms with Crippen molar-refractivity contribution in [3.8, 4) is 0 Å². The zero-order chi connectivity index (χ0) is 19.0. The SMILES string of the molecule is CN(C)CCNC(=O)c1ccc(CNC(=O)C2(CN)CCOCC2)cc1. The van der Waals surface area contributed by atoms with Crippen molar-refractivity contribution in [2.45, 2.75) is 19.4 Å². The zero-order valence-electron chi connectivity index (χ0n) is 15.7. The first-order chi connectivity index (χ1) is 12.5. The molecular weight excluding hydrogens is 332 g/mol. The normalized spacial score (nSPS) is 16.3. The molecule has 7 nitrogen and oxygen atoms in total. The monoisotopic (exact) mass is 362 g/mol. The fraction of sp³-hybridized carbons (Fsp3) is 0.579. The third-order valence-electron chi connectivity index (χ3n) is 4.84. The molecule has 0 spiro atoms. The summed E-state index contributed by atoms with van der Waals surface area (Å²) in [7, 11) is 3.93. The predicted molar refractivity (Wildman–Crippen MR) is 101 cm³/mol. The van der Waals surface area contributed by atoms with Gasteiger partial charge >= 0.3 is 0 Å². The van der Waals surface area contributed by atoms with E-state index in [0.717, 1.165) is 12.1 Å². The number of nitrogens with two attached hydrogens (primary N) is 1. The van der Waals surface area contributed by atoms with Gasteiger partial charge in [0.25, 0.3) is 5.91 Å². The smallest absolute Gasteiger partial charge is 0.251 e. The van der Waals surface area contributed by atoms with Gasteiger partial charge in [0.1, 0.15) is 0 Å². The van der Waals surface area contributed by atoms with Crippen LogP contribution in [0.25, 0.3) is 0 Å². The molecule has 0 atom stereocenters. The molecule has 1 fully saturated rings. The maximum atomic E-state index is 12.6. The average Bonchev–Trinajstić information content (AvgIpc) is 2.66. The van der Waals surface area contributed by atoms with Crippen LogP contribution in [0.3, 0.4) is 0 Å². The summed E-state index contributed by atoms with van der Waals surface area (Å²) >= 11 is 0. The molecule has 0 aliphatic carbocycles. The molecule has 26 heavy (non-hydrogen) atoms. The van der Waals surface area contributed by atoms with Crippen molar-refractivity contribution in [2.24, 2.45) is 11.1 Å². The molecule has 1 heterocycles. The summed E-state index contributed by atoms with van der Waals surface area (Å²) in [5.74, 6) is -0.111. The predicted octanol–water partition coefficient (Wildman–Crippen LogP) is 0.350. The second-order valence-electron chi connectivity index (χ2n) is 7.04. The number of ether oxygens (including phenoxy) is 1. The molecule has 0 bridgehead atoms. The van der Waals surface area contributed by atoms with E-state index in [1.165, 1.54) is 0 Å². The van der Waals surface area contributed by atoms with Gasteiger partial charge in [-0.15, -0.1) is 0 Å². The lowest BCUT2D eigenvalue weighted by molar-refractivity contribution is -0.136. The number of amides is 2. The van der Waals surface area contributed by atoms with E-state index in [0.29, 0.717) is 51.3 Å². The minimum absolute atomic E-state index is 0.0196. The standard InChI is InChI=1S/C19H30N4O3/c1-23(2)10-9-21-17(24)16-5-3-15(4-6-16)13-22-18(25)19(14-20)7-11-26-12-8-19/h3-6H,7-14,20H2,1-2H3,(H,21,24)(H,22,25). The molecule has 1 saturated heterocycles. The van der Waals surface area contributed by atoms with Crippen LogP contribution in [0.2, 0.25) is 0 Å². The van der Waals surface area contributed by atoms with E-state index >= 15 is 0 Å². The molecule has 144 valence electrons. The van der Waals surface area contributed by atoms with E-state index in [2.05, 4.69) is 10.6 Å². The molecule has 4 N–H and O–H groups in total. The van der Waals surface area contributed by atoms with Crippen LogP contribution in [-0.4, -0.2) is 63.7 Å². The van der Waals surface area contributed by atoms with Gasteiger partial charge in [0.2, 0.25) is 5.91 Å². The van der Waals surface area contributed by atoms with Crippen molar-refractivity contribution in [3.63, 3.8) is 0 Å². The molecule has 2 amide bonds. The Morgan fingerprint density at radius 2 is 1.81 bits per heavy atom. The van der Waals surface area contributed by atoms with Gasteiger partial charge < -0.3 is 26.0 Å². The second kappa shape index (κ2) is 9.66. The lowest BCUT2D eigenvalue weighted by atomic mass is 9.79. The van der Waals surface area contributed by atoms with Crippen LogP contribution >= 0.6 is 0 Å². The van der Waals surface area contributed by atoms with E-state index in [1.807, 2.05) is 31.1 Å². The summed E-state index contributed by atoms with van der Waals surface area (Å²) in [6.07, 6.45) is 1.31. The maximum absolute atomic E-state index is 12.6. The number of benzene rings is 1. The summed E-state index contributed by atoms with van der Waals surface area (Å²) in [6, 6.07) is 7.28. The molecule has 1 aliphatic heterocycles. The highest BCUT2D eigenvalue weighted by Crippen LogP contribution is 2.29. The Hall–Kier alpha value is -1.96. The van der Waals surface area contributed by atoms with Crippen LogP contribution in [0.4, 0.5) is 0 Å². The van der Waals surface area contributed by atoms with Crippen molar-refractivity contribution in [1.82, 2.24) is 15.5 Å². The summed E-state index contributed by atoms with van der Waals surface area (Å²) < 4.78 is 5.34. The number of carbonyl (C=O) groups is 2. The van der Waals surface area contributed by atoms with Crippen molar-refractivity contribution < 1.29 is 14.3 Å². The highest BCUT2D eigenvalue weighted by molar-refractivity contribution is 5.94. The fourth-order valence-electron chi connectivity index (χ4n) is 2.92. The van der Waals surface area contributed by atoms with Gasteiger partial charge in [-0.3, -0.25) is 9.59 Å². The van der Waals surface area contributed by atoms with Gasteiger partial charge in [0.05, 0.1) is 5.41 Å². The Morgan fingerprint density at radius 3 is 2.38 bits per heavy atom. The average molecular weight is 362 g/mol. The molecule has 7 heteroatoms. The quantitative estimate of drug-likeness (QED) is 0.620. The van der Waals surface area contributed by atoms with Crippen LogP contribution < -0.4 is 16.4 Å². The molecule has 1 aromatic rings. The number of nitrogens with zero attached hydrogens (tertiary/aromatic N) is 1. The van der Waals surface area contributed by atoms with E-state index in [1.54, 1.807) is 12.1 Å². The van der Waals surface area contributed by atoms with E-state index in [9.17, 15) is 9.59 Å². The van der Waals surface area contributed by atoms with Crippen LogP contribution in [0.1, 0.15) is 28.8 Å². The maximum Gasteiger partial charge on any atom is 0.251 e. The molecule has 0 aromatic heterocycles.